The summed E-state index contributed by atoms with van der Waals surface area (Å²) in [5.74, 6) is -5.03. The Hall–Kier alpha value is -3.89. The van der Waals surface area contributed by atoms with Gasteiger partial charge >= 0.3 is 5.97 Å². The molecule has 0 aliphatic rings. The van der Waals surface area contributed by atoms with Gasteiger partial charge in [-0.25, -0.2) is 4.79 Å². The zero-order valence-electron chi connectivity index (χ0n) is 24.5. The number of hydrogen-bond donors (Lipinski definition) is 11. The summed E-state index contributed by atoms with van der Waals surface area (Å²) in [6.45, 7) is 4.95. The maximum atomic E-state index is 13.3. The minimum absolute atomic E-state index is 0.0109. The van der Waals surface area contributed by atoms with Crippen LogP contribution >= 0.6 is 12.6 Å². The van der Waals surface area contributed by atoms with E-state index in [2.05, 4.69) is 39.2 Å². The Balaban J connectivity index is 3.10. The van der Waals surface area contributed by atoms with Gasteiger partial charge in [-0.2, -0.15) is 12.6 Å². The van der Waals surface area contributed by atoms with Crippen molar-refractivity contribution in [2.45, 2.75) is 76.3 Å². The number of aliphatic hydroxyl groups excluding tert-OH is 1. The summed E-state index contributed by atoms with van der Waals surface area (Å²) in [7, 11) is 0. The number of carboxylic acids is 1. The number of hydrogen-bond acceptors (Lipinski definition) is 9. The number of amides is 4. The van der Waals surface area contributed by atoms with E-state index in [1.165, 1.54) is 6.92 Å². The average molecular weight is 625 g/mol. The first-order valence-electron chi connectivity index (χ1n) is 13.8. The number of aliphatic hydroxyl groups is 1. The van der Waals surface area contributed by atoms with E-state index in [0.29, 0.717) is 5.56 Å². The minimum Gasteiger partial charge on any atom is -0.480 e. The third kappa shape index (κ3) is 13.3. The normalized spacial score (nSPS) is 15.1. The number of nitrogens with two attached hydrogens (primary N) is 2. The fourth-order valence-corrected chi connectivity index (χ4v) is 4.06. The summed E-state index contributed by atoms with van der Waals surface area (Å²) < 4.78 is 0. The first-order chi connectivity index (χ1) is 20.2. The molecule has 4 amide bonds. The summed E-state index contributed by atoms with van der Waals surface area (Å²) in [5.41, 5.74) is 11.7. The Bertz CT molecular complexity index is 1110. The Labute approximate surface area is 256 Å². The summed E-state index contributed by atoms with van der Waals surface area (Å²) in [5, 5.41) is 39.5. The Morgan fingerprint density at radius 1 is 0.884 bits per heavy atom. The smallest absolute Gasteiger partial charge is 0.326 e. The molecule has 15 nitrogen and oxygen atoms in total. The molecule has 0 aromatic heterocycles. The van der Waals surface area contributed by atoms with E-state index < -0.39 is 65.9 Å². The molecule has 1 aromatic carbocycles. The lowest BCUT2D eigenvalue weighted by molar-refractivity contribution is -0.142. The van der Waals surface area contributed by atoms with Crippen LogP contribution in [0.25, 0.3) is 0 Å². The molecule has 1 rings (SSSR count). The summed E-state index contributed by atoms with van der Waals surface area (Å²) >= 11 is 4.10. The molecule has 0 heterocycles. The molecule has 0 fully saturated rings. The highest BCUT2D eigenvalue weighted by Gasteiger charge is 2.33. The minimum atomic E-state index is -1.54. The highest BCUT2D eigenvalue weighted by molar-refractivity contribution is 7.80. The highest BCUT2D eigenvalue weighted by Crippen LogP contribution is 2.07. The number of guanidine groups is 1. The molecule has 43 heavy (non-hydrogen) atoms. The SMILES string of the molecule is CC(C)[C@H](N)C(=O)N[C@@H](CS)C(=O)N[C@H](C(=O)N[C@@H](Cc1ccccc1)C(=O)N[C@@H](CCCNC(=N)N)C(=O)O)[C@@H](C)O. The molecule has 1 aromatic rings. The van der Waals surface area contributed by atoms with Crippen molar-refractivity contribution in [2.75, 3.05) is 12.3 Å². The van der Waals surface area contributed by atoms with Gasteiger partial charge in [-0.05, 0) is 31.2 Å². The standard InChI is InChI=1S/C27H44N8O7S/c1-14(2)20(28)24(39)34-19(13-43)23(38)35-21(15(3)36)25(40)33-18(12-16-8-5-4-6-9-16)22(37)32-17(26(41)42)10-7-11-31-27(29)30/h4-6,8-9,14-15,17-21,36,43H,7,10-13,28H2,1-3H3,(H,32,37)(H,33,40)(H,34,39)(H,35,38)(H,41,42)(H4,29,30,31)/t15-,17+,18+,19+,20+,21+/m1/s1. The quantitative estimate of drug-likeness (QED) is 0.0364. The van der Waals surface area contributed by atoms with E-state index >= 15 is 0 Å². The van der Waals surface area contributed by atoms with Gasteiger partial charge in [-0.3, -0.25) is 24.6 Å². The molecule has 0 saturated carbocycles. The van der Waals surface area contributed by atoms with E-state index in [0.717, 1.165) is 0 Å². The van der Waals surface area contributed by atoms with Crippen molar-refractivity contribution >= 4 is 48.2 Å². The number of nitrogens with one attached hydrogen (secondary N) is 6. The zero-order valence-corrected chi connectivity index (χ0v) is 25.4. The number of thiol groups is 1. The predicted molar refractivity (Wildman–Crippen MR) is 163 cm³/mol. The summed E-state index contributed by atoms with van der Waals surface area (Å²) in [6, 6.07) is 2.45. The van der Waals surface area contributed by atoms with Crippen LogP contribution in [0.2, 0.25) is 0 Å². The second kappa shape index (κ2) is 18.6. The van der Waals surface area contributed by atoms with E-state index in [-0.39, 0.29) is 43.4 Å². The lowest BCUT2D eigenvalue weighted by Crippen LogP contribution is -2.61. The van der Waals surface area contributed by atoms with Gasteiger partial charge < -0.3 is 48.3 Å². The van der Waals surface area contributed by atoms with Crippen LogP contribution in [0.15, 0.2) is 30.3 Å². The molecule has 12 N–H and O–H groups in total. The molecule has 0 aliphatic heterocycles. The Morgan fingerprint density at radius 2 is 1.44 bits per heavy atom. The van der Waals surface area contributed by atoms with Crippen molar-refractivity contribution < 1.29 is 34.2 Å². The maximum Gasteiger partial charge on any atom is 0.326 e. The highest BCUT2D eigenvalue weighted by atomic mass is 32.1. The average Bonchev–Trinajstić information content (AvgIpc) is 2.94. The Morgan fingerprint density at radius 3 is 1.95 bits per heavy atom. The third-order valence-corrected chi connectivity index (χ3v) is 6.78. The van der Waals surface area contributed by atoms with Crippen molar-refractivity contribution in [3.63, 3.8) is 0 Å². The van der Waals surface area contributed by atoms with E-state index in [1.807, 2.05) is 0 Å². The van der Waals surface area contributed by atoms with Crippen LogP contribution in [0.1, 0.15) is 39.2 Å². The zero-order chi connectivity index (χ0) is 32.7. The Kier molecular flexibility index (Phi) is 16.1. The fourth-order valence-electron chi connectivity index (χ4n) is 3.80. The number of benzene rings is 1. The number of carbonyl (C=O) groups is 5. The van der Waals surface area contributed by atoms with Crippen LogP contribution in [-0.2, 0) is 30.4 Å². The van der Waals surface area contributed by atoms with Crippen molar-refractivity contribution in [3.05, 3.63) is 35.9 Å². The molecule has 0 saturated heterocycles. The van der Waals surface area contributed by atoms with Gasteiger partial charge in [-0.1, -0.05) is 44.2 Å². The largest absolute Gasteiger partial charge is 0.480 e. The topological polar surface area (TPSA) is 262 Å². The molecular formula is C27H44N8O7S. The molecule has 6 atom stereocenters. The number of aliphatic carboxylic acids is 1. The monoisotopic (exact) mass is 624 g/mol. The van der Waals surface area contributed by atoms with E-state index in [9.17, 15) is 34.2 Å². The van der Waals surface area contributed by atoms with Gasteiger partial charge in [0.25, 0.3) is 0 Å². The van der Waals surface area contributed by atoms with E-state index in [1.54, 1.807) is 44.2 Å². The molecule has 0 bridgehead atoms. The molecule has 0 aliphatic carbocycles. The van der Waals surface area contributed by atoms with Crippen LogP contribution in [0.4, 0.5) is 0 Å². The van der Waals surface area contributed by atoms with Crippen molar-refractivity contribution in [3.8, 4) is 0 Å². The molecule has 0 spiro atoms. The summed E-state index contributed by atoms with van der Waals surface area (Å²) in [6.07, 6.45) is -1.16. The van der Waals surface area contributed by atoms with Gasteiger partial charge in [0.15, 0.2) is 5.96 Å². The third-order valence-electron chi connectivity index (χ3n) is 6.41. The van der Waals surface area contributed by atoms with Gasteiger partial charge in [0, 0.05) is 18.7 Å². The van der Waals surface area contributed by atoms with Crippen LogP contribution in [0.3, 0.4) is 0 Å². The van der Waals surface area contributed by atoms with Crippen LogP contribution in [0.5, 0.6) is 0 Å². The summed E-state index contributed by atoms with van der Waals surface area (Å²) in [4.78, 5) is 63.7. The maximum absolute atomic E-state index is 13.3. The molecule has 16 heteroatoms. The molecule has 0 unspecified atom stereocenters. The van der Waals surface area contributed by atoms with Crippen molar-refractivity contribution in [1.82, 2.24) is 26.6 Å². The van der Waals surface area contributed by atoms with Crippen LogP contribution in [-0.4, -0.2) is 94.4 Å². The van der Waals surface area contributed by atoms with Crippen molar-refractivity contribution in [1.29, 1.82) is 5.41 Å². The second-order valence-electron chi connectivity index (χ2n) is 10.4. The van der Waals surface area contributed by atoms with Gasteiger partial charge in [-0.15, -0.1) is 0 Å². The van der Waals surface area contributed by atoms with Crippen LogP contribution in [0, 0.1) is 11.3 Å². The van der Waals surface area contributed by atoms with Gasteiger partial charge in [0.05, 0.1) is 12.1 Å². The first kappa shape index (κ1) is 37.1. The number of rotatable bonds is 18. The van der Waals surface area contributed by atoms with Crippen molar-refractivity contribution in [2.24, 2.45) is 17.4 Å². The number of carboxylic acid groups (broad SMARTS) is 1. The molecule has 240 valence electrons. The lowest BCUT2D eigenvalue weighted by Gasteiger charge is -2.27. The molecular weight excluding hydrogens is 580 g/mol. The molecule has 0 radical (unpaired) electrons. The predicted octanol–water partition coefficient (Wildman–Crippen LogP) is -2.19. The van der Waals surface area contributed by atoms with Gasteiger partial charge in [0.2, 0.25) is 23.6 Å². The first-order valence-corrected chi connectivity index (χ1v) is 14.4. The van der Waals surface area contributed by atoms with Gasteiger partial charge in [0.1, 0.15) is 24.2 Å². The van der Waals surface area contributed by atoms with E-state index in [4.69, 9.17) is 16.9 Å². The second-order valence-corrected chi connectivity index (χ2v) is 10.7. The lowest BCUT2D eigenvalue weighted by atomic mass is 10.0. The fraction of sp³-hybridized carbons (Fsp3) is 0.556. The van der Waals surface area contributed by atoms with Crippen LogP contribution < -0.4 is 38.1 Å². The number of carbonyl (C=O) groups excluding carboxylic acids is 4.